The minimum Gasteiger partial charge on any atom is -0.465 e. The molecule has 0 unspecified atom stereocenters. The summed E-state index contributed by atoms with van der Waals surface area (Å²) in [5, 5.41) is 6.39. The molecule has 28 heavy (non-hydrogen) atoms. The van der Waals surface area contributed by atoms with Gasteiger partial charge in [0.15, 0.2) is 0 Å². The molecule has 0 fully saturated rings. The van der Waals surface area contributed by atoms with Gasteiger partial charge in [0, 0.05) is 5.56 Å². The largest absolute Gasteiger partial charge is 0.465 e. The highest BCUT2D eigenvalue weighted by atomic mass is 35.5. The number of ether oxygens (including phenoxy) is 2. The Balaban J connectivity index is 0.00000364. The molecule has 2 aromatic rings. The van der Waals surface area contributed by atoms with E-state index in [4.69, 9.17) is 13.9 Å². The summed E-state index contributed by atoms with van der Waals surface area (Å²) in [6.45, 7) is 2.43. The number of hydrogen-bond donors (Lipinski definition) is 2. The van der Waals surface area contributed by atoms with Gasteiger partial charge < -0.3 is 24.5 Å². The van der Waals surface area contributed by atoms with Gasteiger partial charge in [-0.15, -0.1) is 24.8 Å². The second-order valence-electron chi connectivity index (χ2n) is 5.68. The Morgan fingerprint density at radius 2 is 1.57 bits per heavy atom. The van der Waals surface area contributed by atoms with Gasteiger partial charge in [-0.3, -0.25) is 0 Å². The Hall–Kier alpha value is -2.06. The number of furan rings is 1. The highest BCUT2D eigenvalue weighted by molar-refractivity contribution is 5.97. The van der Waals surface area contributed by atoms with E-state index in [-0.39, 0.29) is 35.9 Å². The van der Waals surface area contributed by atoms with Crippen LogP contribution in [0.2, 0.25) is 0 Å². The van der Waals surface area contributed by atoms with Crippen LogP contribution in [-0.4, -0.2) is 46.3 Å². The third-order valence-electron chi connectivity index (χ3n) is 3.80. The second-order valence-corrected chi connectivity index (χ2v) is 5.68. The molecule has 1 aromatic carbocycles. The predicted molar refractivity (Wildman–Crippen MR) is 112 cm³/mol. The number of hydrogen-bond acceptors (Lipinski definition) is 7. The van der Waals surface area contributed by atoms with E-state index < -0.39 is 11.9 Å². The number of nitrogens with one attached hydrogen (secondary N) is 2. The molecular weight excluding hydrogens is 407 g/mol. The Kier molecular flexibility index (Phi) is 12.2. The van der Waals surface area contributed by atoms with Crippen LogP contribution >= 0.6 is 24.8 Å². The normalized spacial score (nSPS) is 9.82. The van der Waals surface area contributed by atoms with Gasteiger partial charge >= 0.3 is 11.9 Å². The second kappa shape index (κ2) is 13.2. The van der Waals surface area contributed by atoms with E-state index in [0.29, 0.717) is 17.9 Å². The minimum atomic E-state index is -0.532. The highest BCUT2D eigenvalue weighted by Gasteiger charge is 2.16. The van der Waals surface area contributed by atoms with E-state index in [9.17, 15) is 9.59 Å². The summed E-state index contributed by atoms with van der Waals surface area (Å²) in [6.07, 6.45) is 1.02. The van der Waals surface area contributed by atoms with Crippen molar-refractivity contribution < 1.29 is 23.5 Å². The quantitative estimate of drug-likeness (QED) is 0.464. The predicted octanol–water partition coefficient (Wildman–Crippen LogP) is 3.06. The third-order valence-corrected chi connectivity index (χ3v) is 3.80. The Labute approximate surface area is 177 Å². The average Bonchev–Trinajstić information content (AvgIpc) is 3.15. The van der Waals surface area contributed by atoms with Crippen LogP contribution in [0, 0.1) is 0 Å². The summed E-state index contributed by atoms with van der Waals surface area (Å²) in [5.41, 5.74) is 1.12. The van der Waals surface area contributed by atoms with Gasteiger partial charge in [-0.05, 0) is 56.9 Å². The molecule has 2 rings (SSSR count). The molecule has 0 bridgehead atoms. The van der Waals surface area contributed by atoms with Crippen molar-refractivity contribution >= 4 is 36.8 Å². The lowest BCUT2D eigenvalue weighted by Crippen LogP contribution is -2.19. The van der Waals surface area contributed by atoms with Crippen LogP contribution in [0.25, 0.3) is 11.3 Å². The zero-order valence-corrected chi connectivity index (χ0v) is 17.7. The summed E-state index contributed by atoms with van der Waals surface area (Å²) >= 11 is 0. The molecular formula is C19H26Cl2N2O5. The summed E-state index contributed by atoms with van der Waals surface area (Å²) in [4.78, 5) is 23.7. The fourth-order valence-corrected chi connectivity index (χ4v) is 2.47. The first-order chi connectivity index (χ1) is 12.6. The number of esters is 2. The molecule has 0 radical (unpaired) electrons. The number of benzene rings is 1. The molecule has 0 spiro atoms. The molecule has 156 valence electrons. The van der Waals surface area contributed by atoms with E-state index in [0.717, 1.165) is 25.3 Å². The lowest BCUT2D eigenvalue weighted by atomic mass is 10.0. The molecule has 0 saturated carbocycles. The van der Waals surface area contributed by atoms with E-state index >= 15 is 0 Å². The summed E-state index contributed by atoms with van der Waals surface area (Å²) in [6, 6.07) is 8.36. The minimum absolute atomic E-state index is 0. The lowest BCUT2D eigenvalue weighted by molar-refractivity contribution is 0.0599. The number of halogens is 2. The molecule has 0 aliphatic heterocycles. The van der Waals surface area contributed by atoms with Gasteiger partial charge in [-0.25, -0.2) is 9.59 Å². The number of carbonyl (C=O) groups is 2. The van der Waals surface area contributed by atoms with Crippen molar-refractivity contribution in [3.05, 3.63) is 47.2 Å². The highest BCUT2D eigenvalue weighted by Crippen LogP contribution is 2.25. The van der Waals surface area contributed by atoms with Crippen molar-refractivity contribution in [1.29, 1.82) is 0 Å². The van der Waals surface area contributed by atoms with Gasteiger partial charge in [-0.2, -0.15) is 0 Å². The number of carbonyl (C=O) groups excluding carboxylic acids is 2. The van der Waals surface area contributed by atoms with Crippen molar-refractivity contribution in [3.8, 4) is 11.3 Å². The van der Waals surface area contributed by atoms with Crippen molar-refractivity contribution in [2.75, 3.05) is 34.4 Å². The smallest absolute Gasteiger partial charge is 0.337 e. The van der Waals surface area contributed by atoms with Crippen LogP contribution < -0.4 is 10.6 Å². The summed E-state index contributed by atoms with van der Waals surface area (Å²) < 4.78 is 15.3. The SMILES string of the molecule is CNCCCNCc1ccc(-c2cc(C(=O)OC)cc(C(=O)OC)c2)o1.Cl.Cl. The standard InChI is InChI=1S/C19H24N2O5.2ClH/c1-20-7-4-8-21-12-16-5-6-17(26-16)13-9-14(18(22)24-2)11-15(10-13)19(23)25-3;;/h5-6,9-11,20-21H,4,7-8,12H2,1-3H3;2*1H. The van der Waals surface area contributed by atoms with Gasteiger partial charge in [0.05, 0.1) is 31.9 Å². The Morgan fingerprint density at radius 1 is 0.964 bits per heavy atom. The fourth-order valence-electron chi connectivity index (χ4n) is 2.47. The molecule has 0 saturated heterocycles. The van der Waals surface area contributed by atoms with Crippen LogP contribution in [0.15, 0.2) is 34.7 Å². The zero-order valence-electron chi connectivity index (χ0n) is 16.1. The molecule has 7 nitrogen and oxygen atoms in total. The van der Waals surface area contributed by atoms with Crippen LogP contribution in [0.3, 0.4) is 0 Å². The molecule has 0 atom stereocenters. The Morgan fingerprint density at radius 3 is 2.11 bits per heavy atom. The van der Waals surface area contributed by atoms with E-state index in [1.165, 1.54) is 20.3 Å². The van der Waals surface area contributed by atoms with E-state index in [1.54, 1.807) is 12.1 Å². The molecule has 9 heteroatoms. The van der Waals surface area contributed by atoms with Crippen LogP contribution in [0.1, 0.15) is 32.9 Å². The number of rotatable bonds is 9. The molecule has 0 amide bonds. The third kappa shape index (κ3) is 7.16. The van der Waals surface area contributed by atoms with Crippen LogP contribution in [0.5, 0.6) is 0 Å². The van der Waals surface area contributed by atoms with Gasteiger partial charge in [0.2, 0.25) is 0 Å². The maximum atomic E-state index is 11.9. The van der Waals surface area contributed by atoms with E-state index in [2.05, 4.69) is 10.6 Å². The van der Waals surface area contributed by atoms with Gasteiger partial charge in [-0.1, -0.05) is 0 Å². The van der Waals surface area contributed by atoms with Gasteiger partial charge in [0.1, 0.15) is 11.5 Å². The Bertz CT molecular complexity index is 730. The van der Waals surface area contributed by atoms with Crippen molar-refractivity contribution in [2.24, 2.45) is 0 Å². The van der Waals surface area contributed by atoms with Crippen molar-refractivity contribution in [3.63, 3.8) is 0 Å². The molecule has 1 aromatic heterocycles. The number of methoxy groups -OCH3 is 2. The van der Waals surface area contributed by atoms with Crippen molar-refractivity contribution in [2.45, 2.75) is 13.0 Å². The summed E-state index contributed by atoms with van der Waals surface area (Å²) in [7, 11) is 4.50. The van der Waals surface area contributed by atoms with E-state index in [1.807, 2.05) is 19.2 Å². The maximum absolute atomic E-state index is 11.9. The first kappa shape index (κ1) is 25.9. The zero-order chi connectivity index (χ0) is 18.9. The lowest BCUT2D eigenvalue weighted by Gasteiger charge is -2.07. The first-order valence-electron chi connectivity index (χ1n) is 8.35. The molecule has 0 aliphatic rings. The van der Waals surface area contributed by atoms with Gasteiger partial charge in [0.25, 0.3) is 0 Å². The van der Waals surface area contributed by atoms with Crippen molar-refractivity contribution in [1.82, 2.24) is 10.6 Å². The van der Waals surface area contributed by atoms with Crippen LogP contribution in [-0.2, 0) is 16.0 Å². The molecule has 0 aliphatic carbocycles. The monoisotopic (exact) mass is 432 g/mol. The fraction of sp³-hybridized carbons (Fsp3) is 0.368. The van der Waals surface area contributed by atoms with Crippen LogP contribution in [0.4, 0.5) is 0 Å². The topological polar surface area (TPSA) is 89.8 Å². The maximum Gasteiger partial charge on any atom is 0.337 e. The molecule has 2 N–H and O–H groups in total. The average molecular weight is 433 g/mol. The summed E-state index contributed by atoms with van der Waals surface area (Å²) in [5.74, 6) is 0.269. The molecule has 1 heterocycles. The first-order valence-corrected chi connectivity index (χ1v) is 8.35.